The fraction of sp³-hybridized carbons (Fsp3) is 0.333. The van der Waals surface area contributed by atoms with Crippen LogP contribution in [0.2, 0.25) is 5.02 Å². The van der Waals surface area contributed by atoms with Crippen LogP contribution in [0.15, 0.2) is 42.5 Å². The highest BCUT2D eigenvalue weighted by Gasteiger charge is 2.60. The highest BCUT2D eigenvalue weighted by Crippen LogP contribution is 2.56. The molecular formula is C21H18ClFN2O2S. The standard InChI is InChI=1S/C21H18ClFN2O2S/c22-15-7-8-18-16(11-15)21(25(9-10-28-21)19(26)13-5-6-13)20(27)24(18)12-14-3-1-2-4-17(14)23/h1-4,7-8,11,13H,5-6,9-10,12H2/t21-/m1/s1. The fourth-order valence-electron chi connectivity index (χ4n) is 4.11. The number of carbonyl (C=O) groups is 2. The Morgan fingerprint density at radius 1 is 1.25 bits per heavy atom. The van der Waals surface area contributed by atoms with Crippen molar-refractivity contribution >= 4 is 40.9 Å². The maximum Gasteiger partial charge on any atom is 0.268 e. The maximum absolute atomic E-state index is 14.3. The highest BCUT2D eigenvalue weighted by molar-refractivity contribution is 8.01. The van der Waals surface area contributed by atoms with E-state index in [1.54, 1.807) is 46.2 Å². The van der Waals surface area contributed by atoms with Gasteiger partial charge in [0.2, 0.25) is 5.91 Å². The van der Waals surface area contributed by atoms with Crippen molar-refractivity contribution in [3.8, 4) is 0 Å². The van der Waals surface area contributed by atoms with Crippen molar-refractivity contribution in [3.05, 3.63) is 64.4 Å². The Morgan fingerprint density at radius 2 is 2.04 bits per heavy atom. The second-order valence-corrected chi connectivity index (χ2v) is 9.12. The molecule has 28 heavy (non-hydrogen) atoms. The third-order valence-corrected chi connectivity index (χ3v) is 7.29. The highest BCUT2D eigenvalue weighted by atomic mass is 35.5. The van der Waals surface area contributed by atoms with E-state index < -0.39 is 4.87 Å². The Morgan fingerprint density at radius 3 is 2.79 bits per heavy atom. The molecule has 0 radical (unpaired) electrons. The van der Waals surface area contributed by atoms with Gasteiger partial charge in [-0.25, -0.2) is 4.39 Å². The first-order chi connectivity index (χ1) is 13.5. The average molecular weight is 417 g/mol. The second-order valence-electron chi connectivity index (χ2n) is 7.40. The second kappa shape index (κ2) is 6.49. The van der Waals surface area contributed by atoms with Gasteiger partial charge in [0.05, 0.1) is 12.2 Å². The number of nitrogens with zero attached hydrogens (tertiary/aromatic N) is 2. The van der Waals surface area contributed by atoms with Crippen molar-refractivity contribution in [3.63, 3.8) is 0 Å². The van der Waals surface area contributed by atoms with Gasteiger partial charge in [0, 0.05) is 34.4 Å². The Balaban J connectivity index is 1.61. The Hall–Kier alpha value is -2.05. The van der Waals surface area contributed by atoms with Crippen molar-refractivity contribution < 1.29 is 14.0 Å². The number of halogens is 2. The Bertz CT molecular complexity index is 996. The number of carbonyl (C=O) groups excluding carboxylic acids is 2. The quantitative estimate of drug-likeness (QED) is 0.754. The molecule has 3 aliphatic rings. The normalized spacial score (nSPS) is 23.6. The molecule has 2 aromatic rings. The topological polar surface area (TPSA) is 40.6 Å². The Labute approximate surface area is 171 Å². The molecule has 7 heteroatoms. The predicted octanol–water partition coefficient (Wildman–Crippen LogP) is 4.16. The third kappa shape index (κ3) is 2.58. The number of hydrogen-bond acceptors (Lipinski definition) is 3. The fourth-order valence-corrected chi connectivity index (χ4v) is 5.74. The summed E-state index contributed by atoms with van der Waals surface area (Å²) in [5.41, 5.74) is 1.87. The van der Waals surface area contributed by atoms with Crippen LogP contribution in [0.3, 0.4) is 0 Å². The molecule has 1 aliphatic carbocycles. The minimum atomic E-state index is -1.09. The molecule has 1 spiro atoms. The largest absolute Gasteiger partial charge is 0.315 e. The first-order valence-corrected chi connectivity index (χ1v) is 10.7. The third-order valence-electron chi connectivity index (χ3n) is 5.63. The molecule has 0 bridgehead atoms. The van der Waals surface area contributed by atoms with Gasteiger partial charge >= 0.3 is 0 Å². The molecule has 2 heterocycles. The summed E-state index contributed by atoms with van der Waals surface area (Å²) in [6.45, 7) is 0.652. The minimum Gasteiger partial charge on any atom is -0.315 e. The average Bonchev–Trinajstić information content (AvgIpc) is 3.40. The monoisotopic (exact) mass is 416 g/mol. The van der Waals surface area contributed by atoms with E-state index in [1.165, 1.54) is 17.8 Å². The number of hydrogen-bond donors (Lipinski definition) is 0. The molecule has 0 aromatic heterocycles. The van der Waals surface area contributed by atoms with Crippen LogP contribution in [0, 0.1) is 11.7 Å². The molecule has 144 valence electrons. The lowest BCUT2D eigenvalue weighted by atomic mass is 10.1. The maximum atomic E-state index is 14.3. The number of rotatable bonds is 3. The van der Waals surface area contributed by atoms with Gasteiger partial charge in [-0.3, -0.25) is 9.59 Å². The number of thioether (sulfide) groups is 1. The molecule has 2 amide bonds. The molecule has 2 aliphatic heterocycles. The zero-order valence-corrected chi connectivity index (χ0v) is 16.6. The van der Waals surface area contributed by atoms with Gasteiger partial charge in [0.1, 0.15) is 5.82 Å². The molecule has 1 atom stereocenters. The lowest BCUT2D eigenvalue weighted by Crippen LogP contribution is -2.50. The lowest BCUT2D eigenvalue weighted by Gasteiger charge is -2.33. The summed E-state index contributed by atoms with van der Waals surface area (Å²) < 4.78 is 14.3. The Kier molecular flexibility index (Phi) is 4.18. The molecular weight excluding hydrogens is 399 g/mol. The lowest BCUT2D eigenvalue weighted by molar-refractivity contribution is -0.141. The number of amides is 2. The van der Waals surface area contributed by atoms with Gasteiger partial charge in [-0.1, -0.05) is 29.8 Å². The SMILES string of the molecule is O=C(C1CC1)N1CCS[C@]12C(=O)N(Cc1ccccc1F)c1ccc(Cl)cc12. The molecule has 4 nitrogen and oxygen atoms in total. The van der Waals surface area contributed by atoms with Crippen LogP contribution >= 0.6 is 23.4 Å². The zero-order valence-electron chi connectivity index (χ0n) is 15.0. The van der Waals surface area contributed by atoms with Crippen molar-refractivity contribution in [1.29, 1.82) is 0 Å². The van der Waals surface area contributed by atoms with Gasteiger partial charge in [-0.05, 0) is 37.1 Å². The van der Waals surface area contributed by atoms with Gasteiger partial charge in [0.25, 0.3) is 5.91 Å². The molecule has 0 unspecified atom stereocenters. The van der Waals surface area contributed by atoms with E-state index in [1.807, 2.05) is 0 Å². The molecule has 0 N–H and O–H groups in total. The summed E-state index contributed by atoms with van der Waals surface area (Å²) >= 11 is 7.74. The molecule has 5 rings (SSSR count). The van der Waals surface area contributed by atoms with Crippen molar-refractivity contribution in [1.82, 2.24) is 4.90 Å². The van der Waals surface area contributed by atoms with Gasteiger partial charge in [0.15, 0.2) is 4.87 Å². The number of benzene rings is 2. The van der Waals surface area contributed by atoms with Crippen LogP contribution in [0.25, 0.3) is 0 Å². The van der Waals surface area contributed by atoms with E-state index in [0.29, 0.717) is 28.6 Å². The summed E-state index contributed by atoms with van der Waals surface area (Å²) in [6, 6.07) is 11.8. The molecule has 1 saturated carbocycles. The zero-order chi connectivity index (χ0) is 19.5. The van der Waals surface area contributed by atoms with E-state index in [-0.39, 0.29) is 30.1 Å². The van der Waals surface area contributed by atoms with E-state index in [0.717, 1.165) is 18.4 Å². The van der Waals surface area contributed by atoms with Crippen molar-refractivity contribution in [2.24, 2.45) is 5.92 Å². The van der Waals surface area contributed by atoms with Crippen LogP contribution in [0.1, 0.15) is 24.0 Å². The summed E-state index contributed by atoms with van der Waals surface area (Å²) in [6.07, 6.45) is 1.76. The summed E-state index contributed by atoms with van der Waals surface area (Å²) in [5, 5.41) is 0.519. The molecule has 2 fully saturated rings. The summed E-state index contributed by atoms with van der Waals surface area (Å²) in [5.74, 6) is 0.203. The summed E-state index contributed by atoms with van der Waals surface area (Å²) in [4.78, 5) is 28.9. The van der Waals surface area contributed by atoms with Crippen LogP contribution in [0.4, 0.5) is 10.1 Å². The molecule has 1 saturated heterocycles. The first-order valence-electron chi connectivity index (χ1n) is 9.33. The number of fused-ring (bicyclic) bond motifs is 2. The first kappa shape index (κ1) is 18.0. The van der Waals surface area contributed by atoms with Crippen molar-refractivity contribution in [2.75, 3.05) is 17.2 Å². The summed E-state index contributed by atoms with van der Waals surface area (Å²) in [7, 11) is 0. The minimum absolute atomic E-state index is 0.0200. The van der Waals surface area contributed by atoms with Gasteiger partial charge < -0.3 is 9.80 Å². The van der Waals surface area contributed by atoms with Gasteiger partial charge in [-0.2, -0.15) is 0 Å². The van der Waals surface area contributed by atoms with E-state index in [2.05, 4.69) is 0 Å². The van der Waals surface area contributed by atoms with E-state index >= 15 is 0 Å². The predicted molar refractivity (Wildman–Crippen MR) is 108 cm³/mol. The number of anilines is 1. The van der Waals surface area contributed by atoms with Crippen LogP contribution in [-0.4, -0.2) is 29.0 Å². The molecule has 2 aromatic carbocycles. The van der Waals surface area contributed by atoms with Crippen LogP contribution in [0.5, 0.6) is 0 Å². The smallest absolute Gasteiger partial charge is 0.268 e. The van der Waals surface area contributed by atoms with Crippen molar-refractivity contribution in [2.45, 2.75) is 24.3 Å². The van der Waals surface area contributed by atoms with E-state index in [9.17, 15) is 14.0 Å². The van der Waals surface area contributed by atoms with E-state index in [4.69, 9.17) is 11.6 Å². The van der Waals surface area contributed by atoms with Crippen LogP contribution < -0.4 is 4.90 Å². The van der Waals surface area contributed by atoms with Crippen LogP contribution in [-0.2, 0) is 21.0 Å². The van der Waals surface area contributed by atoms with Gasteiger partial charge in [-0.15, -0.1) is 11.8 Å².